The molecule has 2 amide bonds. The van der Waals surface area contributed by atoms with E-state index in [0.29, 0.717) is 22.6 Å². The number of thioether (sulfide) groups is 1. The summed E-state index contributed by atoms with van der Waals surface area (Å²) in [4.78, 5) is 37.2. The first-order valence-corrected chi connectivity index (χ1v) is 8.05. The molecule has 0 spiro atoms. The summed E-state index contributed by atoms with van der Waals surface area (Å²) >= 11 is 1.45. The fourth-order valence-corrected chi connectivity index (χ4v) is 4.11. The van der Waals surface area contributed by atoms with Gasteiger partial charge in [-0.05, 0) is 19.4 Å². The number of aryl methyl sites for hydroxylation is 2. The lowest BCUT2D eigenvalue weighted by atomic mass is 10.0. The Balaban J connectivity index is 1.78. The summed E-state index contributed by atoms with van der Waals surface area (Å²) < 4.78 is 1.53. The second kappa shape index (κ2) is 5.41. The van der Waals surface area contributed by atoms with Crippen molar-refractivity contribution in [2.24, 2.45) is 7.05 Å². The van der Waals surface area contributed by atoms with Crippen LogP contribution in [0.5, 0.6) is 0 Å². The Morgan fingerprint density at radius 1 is 1.43 bits per heavy atom. The molecule has 9 heteroatoms. The monoisotopic (exact) mass is 336 g/mol. The van der Waals surface area contributed by atoms with Crippen LogP contribution in [0.4, 0.5) is 0 Å². The van der Waals surface area contributed by atoms with Crippen molar-refractivity contribution >= 4 is 29.5 Å². The molecule has 0 unspecified atom stereocenters. The number of amides is 2. The zero-order chi connectivity index (χ0) is 16.9. The highest BCUT2D eigenvalue weighted by Crippen LogP contribution is 2.40. The van der Waals surface area contributed by atoms with Gasteiger partial charge >= 0.3 is 5.97 Å². The smallest absolute Gasteiger partial charge is 0.352 e. The summed E-state index contributed by atoms with van der Waals surface area (Å²) in [7, 11) is 1.71. The number of carbonyl (C=O) groups excluding carboxylic acids is 2. The van der Waals surface area contributed by atoms with Crippen molar-refractivity contribution in [3.05, 3.63) is 28.7 Å². The van der Waals surface area contributed by atoms with E-state index in [1.165, 1.54) is 21.3 Å². The number of hydrogen-bond donors (Lipinski definition) is 2. The molecule has 23 heavy (non-hydrogen) atoms. The van der Waals surface area contributed by atoms with Crippen LogP contribution in [0.15, 0.2) is 17.5 Å². The molecule has 3 rings (SSSR count). The van der Waals surface area contributed by atoms with Crippen LogP contribution >= 0.6 is 11.8 Å². The summed E-state index contributed by atoms with van der Waals surface area (Å²) in [5.74, 6) is -1.37. The van der Waals surface area contributed by atoms with E-state index in [9.17, 15) is 19.5 Å². The van der Waals surface area contributed by atoms with Crippen molar-refractivity contribution < 1.29 is 19.5 Å². The van der Waals surface area contributed by atoms with Crippen LogP contribution < -0.4 is 5.32 Å². The number of nitrogens with zero attached hydrogens (tertiary/aromatic N) is 3. The lowest BCUT2D eigenvalue weighted by Crippen LogP contribution is -2.70. The van der Waals surface area contributed by atoms with E-state index in [4.69, 9.17) is 0 Å². The molecule has 122 valence electrons. The van der Waals surface area contributed by atoms with Crippen LogP contribution in [0, 0.1) is 6.92 Å². The van der Waals surface area contributed by atoms with E-state index in [-0.39, 0.29) is 17.0 Å². The number of carbonyl (C=O) groups is 3. The first-order valence-electron chi connectivity index (χ1n) is 7.00. The second-order valence-electron chi connectivity index (χ2n) is 5.60. The van der Waals surface area contributed by atoms with Gasteiger partial charge in [0.2, 0.25) is 0 Å². The molecule has 0 saturated carbocycles. The number of hydrogen-bond acceptors (Lipinski definition) is 5. The van der Waals surface area contributed by atoms with Crippen molar-refractivity contribution in [2.45, 2.75) is 25.3 Å². The van der Waals surface area contributed by atoms with Crippen molar-refractivity contribution in [3.8, 4) is 0 Å². The summed E-state index contributed by atoms with van der Waals surface area (Å²) in [6.07, 6.45) is 1.59. The number of rotatable bonds is 3. The maximum Gasteiger partial charge on any atom is 0.352 e. The minimum absolute atomic E-state index is 0.0295. The largest absolute Gasteiger partial charge is 0.477 e. The molecule has 2 aliphatic rings. The molecule has 2 aliphatic heterocycles. The maximum absolute atomic E-state index is 12.3. The number of aliphatic carboxylic acids is 1. The van der Waals surface area contributed by atoms with Crippen LogP contribution in [-0.2, 0) is 16.6 Å². The quantitative estimate of drug-likeness (QED) is 0.759. The molecule has 1 aromatic heterocycles. The van der Waals surface area contributed by atoms with Crippen LogP contribution in [0.25, 0.3) is 0 Å². The van der Waals surface area contributed by atoms with Gasteiger partial charge in [0.1, 0.15) is 17.1 Å². The Kier molecular flexibility index (Phi) is 3.67. The number of aromatic nitrogens is 2. The predicted molar refractivity (Wildman–Crippen MR) is 82.6 cm³/mol. The Morgan fingerprint density at radius 3 is 2.70 bits per heavy atom. The van der Waals surface area contributed by atoms with Crippen molar-refractivity contribution in [3.63, 3.8) is 0 Å². The van der Waals surface area contributed by atoms with E-state index in [1.54, 1.807) is 27.1 Å². The van der Waals surface area contributed by atoms with Gasteiger partial charge in [-0.15, -0.1) is 11.8 Å². The SMILES string of the molecule is CC1=C(C(=O)O)N2C(=O)[C@@H](NC(=O)c3cn(C)nc3C)[C@@H]2SC1. The first-order chi connectivity index (χ1) is 10.8. The van der Waals surface area contributed by atoms with Gasteiger partial charge in [-0.2, -0.15) is 5.10 Å². The van der Waals surface area contributed by atoms with E-state index in [1.807, 2.05) is 0 Å². The number of nitrogens with one attached hydrogen (secondary N) is 1. The normalized spacial score (nSPS) is 23.4. The molecular formula is C14H16N4O4S. The topological polar surface area (TPSA) is 105 Å². The molecule has 8 nitrogen and oxygen atoms in total. The van der Waals surface area contributed by atoms with E-state index in [0.717, 1.165) is 0 Å². The summed E-state index contributed by atoms with van der Waals surface area (Å²) in [6, 6.07) is -0.713. The molecule has 0 radical (unpaired) electrons. The Labute approximate surface area is 136 Å². The van der Waals surface area contributed by atoms with Gasteiger partial charge < -0.3 is 10.4 Å². The van der Waals surface area contributed by atoms with Crippen LogP contribution in [0.3, 0.4) is 0 Å². The van der Waals surface area contributed by atoms with Gasteiger partial charge in [-0.1, -0.05) is 0 Å². The van der Waals surface area contributed by atoms with Crippen molar-refractivity contribution in [1.29, 1.82) is 0 Å². The lowest BCUT2D eigenvalue weighted by Gasteiger charge is -2.49. The zero-order valence-electron chi connectivity index (χ0n) is 12.9. The van der Waals surface area contributed by atoms with Gasteiger partial charge in [0.15, 0.2) is 0 Å². The zero-order valence-corrected chi connectivity index (χ0v) is 13.7. The molecule has 0 aliphatic carbocycles. The molecule has 0 bridgehead atoms. The molecular weight excluding hydrogens is 320 g/mol. The molecule has 1 saturated heterocycles. The third-order valence-corrected chi connectivity index (χ3v) is 5.33. The van der Waals surface area contributed by atoms with Gasteiger partial charge in [-0.3, -0.25) is 19.2 Å². The number of β-lactam (4-membered cyclic amide) rings is 1. The number of carboxylic acid groups (broad SMARTS) is 1. The van der Waals surface area contributed by atoms with E-state index >= 15 is 0 Å². The average molecular weight is 336 g/mol. The standard InChI is InChI=1S/C14H16N4O4S/c1-6-5-23-13-9(12(20)18(13)10(6)14(21)22)15-11(19)8-4-17(3)16-7(8)2/h4,9,13H,5H2,1-3H3,(H,15,19)(H,21,22)/t9-,13+/m1/s1. The third-order valence-electron chi connectivity index (χ3n) is 3.91. The molecule has 2 atom stereocenters. The summed E-state index contributed by atoms with van der Waals surface area (Å²) in [6.45, 7) is 3.42. The highest BCUT2D eigenvalue weighted by molar-refractivity contribution is 8.00. The first kappa shape index (κ1) is 15.6. The van der Waals surface area contributed by atoms with Crippen molar-refractivity contribution in [2.75, 3.05) is 5.75 Å². The van der Waals surface area contributed by atoms with Gasteiger partial charge in [-0.25, -0.2) is 4.79 Å². The van der Waals surface area contributed by atoms with Crippen LogP contribution in [-0.4, -0.2) is 54.7 Å². The van der Waals surface area contributed by atoms with E-state index < -0.39 is 17.9 Å². The summed E-state index contributed by atoms with van der Waals surface area (Å²) in [5, 5.41) is 15.7. The minimum Gasteiger partial charge on any atom is -0.477 e. The highest BCUT2D eigenvalue weighted by atomic mass is 32.2. The third kappa shape index (κ3) is 2.40. The minimum atomic E-state index is -1.12. The number of carboxylic acids is 1. The van der Waals surface area contributed by atoms with Crippen LogP contribution in [0.1, 0.15) is 23.0 Å². The van der Waals surface area contributed by atoms with Crippen LogP contribution in [0.2, 0.25) is 0 Å². The fraction of sp³-hybridized carbons (Fsp3) is 0.429. The predicted octanol–water partition coefficient (Wildman–Crippen LogP) is 0.101. The Hall–Kier alpha value is -2.29. The van der Waals surface area contributed by atoms with Gasteiger partial charge in [0, 0.05) is 19.0 Å². The molecule has 1 aromatic rings. The highest BCUT2D eigenvalue weighted by Gasteiger charge is 2.53. The Bertz CT molecular complexity index is 754. The van der Waals surface area contributed by atoms with Gasteiger partial charge in [0.25, 0.3) is 11.8 Å². The van der Waals surface area contributed by atoms with Crippen molar-refractivity contribution in [1.82, 2.24) is 20.0 Å². The molecule has 0 aromatic carbocycles. The maximum atomic E-state index is 12.3. The lowest BCUT2D eigenvalue weighted by molar-refractivity contribution is -0.148. The Morgan fingerprint density at radius 2 is 2.13 bits per heavy atom. The molecule has 1 fully saturated rings. The fourth-order valence-electron chi connectivity index (χ4n) is 2.82. The molecule has 2 N–H and O–H groups in total. The van der Waals surface area contributed by atoms with Gasteiger partial charge in [0.05, 0.1) is 11.3 Å². The summed E-state index contributed by atoms with van der Waals surface area (Å²) in [5.41, 5.74) is 1.67. The average Bonchev–Trinajstić information content (AvgIpc) is 2.82. The van der Waals surface area contributed by atoms with E-state index in [2.05, 4.69) is 10.4 Å². The second-order valence-corrected chi connectivity index (χ2v) is 6.70. The molecule has 3 heterocycles. The number of fused-ring (bicyclic) bond motifs is 1.